The van der Waals surface area contributed by atoms with E-state index in [1.54, 1.807) is 7.11 Å². The second-order valence-electron chi connectivity index (χ2n) is 8.13. The van der Waals surface area contributed by atoms with Crippen molar-refractivity contribution >= 4 is 17.7 Å². The monoisotopic (exact) mass is 472 g/mol. The Labute approximate surface area is 204 Å². The minimum atomic E-state index is -0.0495. The van der Waals surface area contributed by atoms with Crippen LogP contribution in [-0.2, 0) is 11.3 Å². The molecule has 0 saturated heterocycles. The molecule has 4 rings (SSSR count). The Balaban J connectivity index is 1.62. The van der Waals surface area contributed by atoms with Gasteiger partial charge in [0, 0.05) is 12.1 Å². The van der Waals surface area contributed by atoms with E-state index >= 15 is 0 Å². The van der Waals surface area contributed by atoms with E-state index in [1.807, 2.05) is 71.3 Å². The Morgan fingerprint density at radius 1 is 0.971 bits per heavy atom. The lowest BCUT2D eigenvalue weighted by atomic mass is 10.0. The van der Waals surface area contributed by atoms with Crippen LogP contribution in [0.2, 0.25) is 0 Å². The fourth-order valence-electron chi connectivity index (χ4n) is 3.66. The van der Waals surface area contributed by atoms with Crippen molar-refractivity contribution < 1.29 is 9.53 Å². The molecule has 0 bridgehead atoms. The van der Waals surface area contributed by atoms with Crippen molar-refractivity contribution in [3.63, 3.8) is 0 Å². The van der Waals surface area contributed by atoms with Crippen LogP contribution in [0.25, 0.3) is 17.1 Å². The lowest BCUT2D eigenvalue weighted by Gasteiger charge is -2.17. The minimum absolute atomic E-state index is 0.0495. The number of benzene rings is 3. The highest BCUT2D eigenvalue weighted by Crippen LogP contribution is 2.32. The number of para-hydroxylation sites is 1. The van der Waals surface area contributed by atoms with Gasteiger partial charge in [0.15, 0.2) is 11.0 Å². The summed E-state index contributed by atoms with van der Waals surface area (Å²) < 4.78 is 7.35. The summed E-state index contributed by atoms with van der Waals surface area (Å²) in [5, 5.41) is 12.6. The molecule has 0 radical (unpaired) electrons. The molecule has 0 spiro atoms. The normalized spacial score (nSPS) is 10.9. The number of hydrogen-bond acceptors (Lipinski definition) is 5. The van der Waals surface area contributed by atoms with E-state index in [1.165, 1.54) is 17.3 Å². The van der Waals surface area contributed by atoms with Gasteiger partial charge >= 0.3 is 0 Å². The molecular weight excluding hydrogens is 444 g/mol. The predicted octanol–water partition coefficient (Wildman–Crippen LogP) is 5.47. The van der Waals surface area contributed by atoms with Crippen molar-refractivity contribution in [3.05, 3.63) is 90.0 Å². The largest absolute Gasteiger partial charge is 0.497 e. The highest BCUT2D eigenvalue weighted by atomic mass is 32.2. The number of carbonyl (C=O) groups excluding carboxylic acids is 1. The maximum Gasteiger partial charge on any atom is 0.230 e. The molecule has 6 nitrogen and oxygen atoms in total. The number of ether oxygens (including phenoxy) is 1. The lowest BCUT2D eigenvalue weighted by Crippen LogP contribution is -2.24. The Morgan fingerprint density at radius 3 is 2.38 bits per heavy atom. The van der Waals surface area contributed by atoms with E-state index in [0.717, 1.165) is 28.4 Å². The molecule has 34 heavy (non-hydrogen) atoms. The van der Waals surface area contributed by atoms with Crippen LogP contribution in [0, 0.1) is 0 Å². The molecule has 0 saturated carbocycles. The average Bonchev–Trinajstić information content (AvgIpc) is 3.30. The zero-order valence-electron chi connectivity index (χ0n) is 19.6. The van der Waals surface area contributed by atoms with Gasteiger partial charge in [0.2, 0.25) is 5.91 Å². The molecule has 7 heteroatoms. The molecule has 1 amide bonds. The van der Waals surface area contributed by atoms with Gasteiger partial charge in [0.05, 0.1) is 18.6 Å². The molecular formula is C27H28N4O2S. The third-order valence-electron chi connectivity index (χ3n) is 5.45. The number of carbonyl (C=O) groups is 1. The molecule has 4 aromatic rings. The molecule has 3 aromatic carbocycles. The highest BCUT2D eigenvalue weighted by Gasteiger charge is 2.20. The van der Waals surface area contributed by atoms with Gasteiger partial charge in [0.1, 0.15) is 5.75 Å². The molecule has 0 atom stereocenters. The van der Waals surface area contributed by atoms with Gasteiger partial charge in [0.25, 0.3) is 0 Å². The number of rotatable bonds is 9. The SMILES string of the molecule is COc1ccc(-c2nnc(SCC(=O)NCc3ccccc3)n2-c2ccccc2C(C)C)cc1. The number of nitrogens with zero attached hydrogens (tertiary/aromatic N) is 3. The first-order valence-corrected chi connectivity index (χ1v) is 12.2. The van der Waals surface area contributed by atoms with Crippen molar-refractivity contribution in [1.82, 2.24) is 20.1 Å². The van der Waals surface area contributed by atoms with Crippen LogP contribution in [0.4, 0.5) is 0 Å². The van der Waals surface area contributed by atoms with E-state index in [9.17, 15) is 4.79 Å². The van der Waals surface area contributed by atoms with E-state index in [2.05, 4.69) is 41.5 Å². The van der Waals surface area contributed by atoms with Gasteiger partial charge in [-0.15, -0.1) is 10.2 Å². The Hall–Kier alpha value is -3.58. The van der Waals surface area contributed by atoms with Crippen molar-refractivity contribution in [3.8, 4) is 22.8 Å². The average molecular weight is 473 g/mol. The van der Waals surface area contributed by atoms with Crippen LogP contribution in [0.3, 0.4) is 0 Å². The van der Waals surface area contributed by atoms with Gasteiger partial charge in [-0.05, 0) is 47.4 Å². The van der Waals surface area contributed by atoms with Crippen LogP contribution in [0.5, 0.6) is 5.75 Å². The number of hydrogen-bond donors (Lipinski definition) is 1. The Morgan fingerprint density at radius 2 is 1.68 bits per heavy atom. The summed E-state index contributed by atoms with van der Waals surface area (Å²) >= 11 is 1.38. The van der Waals surface area contributed by atoms with Crippen molar-refractivity contribution in [2.24, 2.45) is 0 Å². The van der Waals surface area contributed by atoms with Crippen molar-refractivity contribution in [2.75, 3.05) is 12.9 Å². The molecule has 1 heterocycles. The number of nitrogens with one attached hydrogen (secondary N) is 1. The van der Waals surface area contributed by atoms with E-state index in [0.29, 0.717) is 17.6 Å². The predicted molar refractivity (Wildman–Crippen MR) is 136 cm³/mol. The van der Waals surface area contributed by atoms with Crippen molar-refractivity contribution in [2.45, 2.75) is 31.5 Å². The Kier molecular flexibility index (Phi) is 7.65. The van der Waals surface area contributed by atoms with Crippen LogP contribution in [-0.4, -0.2) is 33.5 Å². The van der Waals surface area contributed by atoms with Crippen LogP contribution in [0.1, 0.15) is 30.9 Å². The summed E-state index contributed by atoms with van der Waals surface area (Å²) in [6.07, 6.45) is 0. The fourth-order valence-corrected chi connectivity index (χ4v) is 4.44. The van der Waals surface area contributed by atoms with Crippen LogP contribution >= 0.6 is 11.8 Å². The second-order valence-corrected chi connectivity index (χ2v) is 9.08. The van der Waals surface area contributed by atoms with Gasteiger partial charge in [-0.3, -0.25) is 9.36 Å². The van der Waals surface area contributed by atoms with Crippen molar-refractivity contribution in [1.29, 1.82) is 0 Å². The molecule has 0 unspecified atom stereocenters. The summed E-state index contributed by atoms with van der Waals surface area (Å²) in [6, 6.07) is 25.9. The fraction of sp³-hybridized carbons (Fsp3) is 0.222. The van der Waals surface area contributed by atoms with Gasteiger partial charge in [-0.1, -0.05) is 74.1 Å². The summed E-state index contributed by atoms with van der Waals surface area (Å²) in [7, 11) is 1.65. The standard InChI is InChI=1S/C27H28N4O2S/c1-19(2)23-11-7-8-12-24(23)31-26(21-13-15-22(33-3)16-14-21)29-30-27(31)34-18-25(32)28-17-20-9-5-4-6-10-20/h4-16,19H,17-18H2,1-3H3,(H,28,32). The lowest BCUT2D eigenvalue weighted by molar-refractivity contribution is -0.118. The maximum absolute atomic E-state index is 12.6. The van der Waals surface area contributed by atoms with E-state index in [4.69, 9.17) is 4.74 Å². The zero-order valence-corrected chi connectivity index (χ0v) is 20.4. The quantitative estimate of drug-likeness (QED) is 0.327. The maximum atomic E-state index is 12.6. The number of methoxy groups -OCH3 is 1. The van der Waals surface area contributed by atoms with Crippen LogP contribution in [0.15, 0.2) is 84.0 Å². The third-order valence-corrected chi connectivity index (χ3v) is 6.38. The first-order chi connectivity index (χ1) is 16.6. The van der Waals surface area contributed by atoms with E-state index < -0.39 is 0 Å². The second kappa shape index (κ2) is 11.0. The van der Waals surface area contributed by atoms with Gasteiger partial charge < -0.3 is 10.1 Å². The number of thioether (sulfide) groups is 1. The Bertz CT molecular complexity index is 1240. The molecule has 0 fully saturated rings. The van der Waals surface area contributed by atoms with Crippen LogP contribution < -0.4 is 10.1 Å². The first-order valence-electron chi connectivity index (χ1n) is 11.2. The number of amides is 1. The molecule has 1 N–H and O–H groups in total. The van der Waals surface area contributed by atoms with Gasteiger partial charge in [-0.25, -0.2) is 0 Å². The molecule has 174 valence electrons. The summed E-state index contributed by atoms with van der Waals surface area (Å²) in [4.78, 5) is 12.6. The minimum Gasteiger partial charge on any atom is -0.497 e. The molecule has 0 aliphatic heterocycles. The molecule has 1 aromatic heterocycles. The zero-order chi connectivity index (χ0) is 23.9. The summed E-state index contributed by atoms with van der Waals surface area (Å²) in [5.41, 5.74) is 4.19. The van der Waals surface area contributed by atoms with Gasteiger partial charge in [-0.2, -0.15) is 0 Å². The number of aromatic nitrogens is 3. The summed E-state index contributed by atoms with van der Waals surface area (Å²) in [6.45, 7) is 4.83. The topological polar surface area (TPSA) is 69.0 Å². The molecule has 0 aliphatic carbocycles. The summed E-state index contributed by atoms with van der Waals surface area (Å²) in [5.74, 6) is 2.02. The molecule has 0 aliphatic rings. The first kappa shape index (κ1) is 23.6. The third kappa shape index (κ3) is 5.48. The highest BCUT2D eigenvalue weighted by molar-refractivity contribution is 7.99. The smallest absolute Gasteiger partial charge is 0.230 e. The van der Waals surface area contributed by atoms with E-state index in [-0.39, 0.29) is 11.7 Å².